The number of carbonyl (C=O) groups is 1. The zero-order valence-electron chi connectivity index (χ0n) is 11.7. The number of nitrogens with zero attached hydrogens (tertiary/aromatic N) is 4. The maximum absolute atomic E-state index is 11.9. The van der Waals surface area contributed by atoms with E-state index in [4.69, 9.17) is 0 Å². The van der Waals surface area contributed by atoms with Gasteiger partial charge in [-0.05, 0) is 22.9 Å². The Morgan fingerprint density at radius 1 is 1.30 bits per heavy atom. The number of carbonyl (C=O) groups excluding carboxylic acids is 1. The molecule has 23 heavy (non-hydrogen) atoms. The molecule has 0 fully saturated rings. The fourth-order valence-corrected chi connectivity index (χ4v) is 2.24. The van der Waals surface area contributed by atoms with E-state index in [1.807, 2.05) is 0 Å². The van der Waals surface area contributed by atoms with Gasteiger partial charge in [-0.25, -0.2) is 0 Å². The predicted molar refractivity (Wildman–Crippen MR) is 83.0 cm³/mol. The molecular formula is C12H10BrN5O5. The van der Waals surface area contributed by atoms with Crippen LogP contribution in [0.25, 0.3) is 0 Å². The number of halogens is 1. The number of hydrogen-bond acceptors (Lipinski definition) is 6. The Kier molecular flexibility index (Phi) is 4.69. The van der Waals surface area contributed by atoms with Gasteiger partial charge in [0.1, 0.15) is 12.1 Å². The number of nitro groups is 2. The van der Waals surface area contributed by atoms with Crippen LogP contribution in [0, 0.1) is 27.2 Å². The average Bonchev–Trinajstić information content (AvgIpc) is 2.85. The molecule has 2 aromatic rings. The maximum atomic E-state index is 11.9. The van der Waals surface area contributed by atoms with Crippen LogP contribution in [0.1, 0.15) is 5.56 Å². The fourth-order valence-electron chi connectivity index (χ4n) is 1.91. The minimum absolute atomic E-state index is 0.0229. The Hall–Kier alpha value is -2.82. The number of rotatable bonds is 5. The van der Waals surface area contributed by atoms with Crippen LogP contribution in [0.5, 0.6) is 0 Å². The number of nitro benzene ring substituents is 2. The van der Waals surface area contributed by atoms with Crippen molar-refractivity contribution in [1.82, 2.24) is 9.78 Å². The van der Waals surface area contributed by atoms with E-state index in [0.717, 1.165) is 12.1 Å². The van der Waals surface area contributed by atoms with Gasteiger partial charge in [0, 0.05) is 18.3 Å². The van der Waals surface area contributed by atoms with Crippen molar-refractivity contribution < 1.29 is 14.6 Å². The lowest BCUT2D eigenvalue weighted by Crippen LogP contribution is -2.19. The van der Waals surface area contributed by atoms with Crippen molar-refractivity contribution in [2.45, 2.75) is 13.5 Å². The molecule has 0 bridgehead atoms. The van der Waals surface area contributed by atoms with Gasteiger partial charge >= 0.3 is 0 Å². The van der Waals surface area contributed by atoms with E-state index < -0.39 is 27.1 Å². The van der Waals surface area contributed by atoms with Gasteiger partial charge in [0.15, 0.2) is 0 Å². The summed E-state index contributed by atoms with van der Waals surface area (Å²) in [5, 5.41) is 28.2. The molecule has 0 atom stereocenters. The third-order valence-corrected chi connectivity index (χ3v) is 3.35. The Morgan fingerprint density at radius 3 is 2.30 bits per heavy atom. The summed E-state index contributed by atoms with van der Waals surface area (Å²) in [7, 11) is 0. The quantitative estimate of drug-likeness (QED) is 0.622. The summed E-state index contributed by atoms with van der Waals surface area (Å²) in [5.41, 5.74) is -0.966. The minimum atomic E-state index is -0.734. The SMILES string of the molecule is Cc1c([N+](=O)[O-])cc(NC(=O)Cn2cc(Br)cn2)cc1[N+](=O)[O-]. The molecule has 1 heterocycles. The van der Waals surface area contributed by atoms with E-state index in [1.165, 1.54) is 17.8 Å². The first-order chi connectivity index (χ1) is 10.8. The van der Waals surface area contributed by atoms with Gasteiger partial charge in [-0.15, -0.1) is 0 Å². The lowest BCUT2D eigenvalue weighted by atomic mass is 10.1. The highest BCUT2D eigenvalue weighted by atomic mass is 79.9. The van der Waals surface area contributed by atoms with Crippen molar-refractivity contribution in [1.29, 1.82) is 0 Å². The first-order valence-electron chi connectivity index (χ1n) is 6.19. The molecule has 10 nitrogen and oxygen atoms in total. The molecule has 1 aromatic heterocycles. The molecule has 0 spiro atoms. The first kappa shape index (κ1) is 16.5. The molecule has 0 saturated heterocycles. The molecule has 1 aromatic carbocycles. The molecule has 0 aliphatic carbocycles. The van der Waals surface area contributed by atoms with E-state index in [2.05, 4.69) is 26.3 Å². The third kappa shape index (κ3) is 3.88. The van der Waals surface area contributed by atoms with Gasteiger partial charge in [0.25, 0.3) is 11.4 Å². The van der Waals surface area contributed by atoms with E-state index in [-0.39, 0.29) is 17.8 Å². The third-order valence-electron chi connectivity index (χ3n) is 2.94. The maximum Gasteiger partial charge on any atom is 0.281 e. The number of hydrogen-bond donors (Lipinski definition) is 1. The summed E-state index contributed by atoms with van der Waals surface area (Å²) < 4.78 is 2.03. The van der Waals surface area contributed by atoms with Gasteiger partial charge in [0.2, 0.25) is 5.91 Å². The van der Waals surface area contributed by atoms with Crippen LogP contribution in [0.3, 0.4) is 0 Å². The van der Waals surface area contributed by atoms with E-state index in [0.29, 0.717) is 4.47 Å². The molecular weight excluding hydrogens is 374 g/mol. The molecule has 2 rings (SSSR count). The Labute approximate surface area is 137 Å². The van der Waals surface area contributed by atoms with Crippen LogP contribution in [0.4, 0.5) is 17.1 Å². The lowest BCUT2D eigenvalue weighted by Gasteiger charge is -2.07. The zero-order chi connectivity index (χ0) is 17.1. The van der Waals surface area contributed by atoms with E-state index in [9.17, 15) is 25.0 Å². The monoisotopic (exact) mass is 383 g/mol. The normalized spacial score (nSPS) is 10.3. The van der Waals surface area contributed by atoms with Gasteiger partial charge in [-0.2, -0.15) is 5.10 Å². The molecule has 1 N–H and O–H groups in total. The second kappa shape index (κ2) is 6.52. The molecule has 0 aliphatic heterocycles. The van der Waals surface area contributed by atoms with Gasteiger partial charge in [-0.1, -0.05) is 0 Å². The van der Waals surface area contributed by atoms with Crippen molar-refractivity contribution in [3.05, 3.63) is 54.8 Å². The van der Waals surface area contributed by atoms with Crippen molar-refractivity contribution in [3.8, 4) is 0 Å². The van der Waals surface area contributed by atoms with Crippen LogP contribution in [0.15, 0.2) is 29.0 Å². The summed E-state index contributed by atoms with van der Waals surface area (Å²) in [6.07, 6.45) is 3.06. The topological polar surface area (TPSA) is 133 Å². The van der Waals surface area contributed by atoms with Crippen LogP contribution >= 0.6 is 15.9 Å². The summed E-state index contributed by atoms with van der Waals surface area (Å²) in [4.78, 5) is 32.4. The summed E-state index contributed by atoms with van der Waals surface area (Å²) in [6, 6.07) is 2.17. The molecule has 0 radical (unpaired) electrons. The Morgan fingerprint density at radius 2 is 1.87 bits per heavy atom. The first-order valence-corrected chi connectivity index (χ1v) is 6.98. The van der Waals surface area contributed by atoms with Gasteiger partial charge < -0.3 is 5.32 Å². The number of nitrogens with one attached hydrogen (secondary N) is 1. The van der Waals surface area contributed by atoms with Crippen LogP contribution in [-0.2, 0) is 11.3 Å². The number of amides is 1. The average molecular weight is 384 g/mol. The molecule has 0 unspecified atom stereocenters. The Bertz CT molecular complexity index is 768. The van der Waals surface area contributed by atoms with Gasteiger partial charge in [0.05, 0.1) is 26.2 Å². The Balaban J connectivity index is 2.26. The fraction of sp³-hybridized carbons (Fsp3) is 0.167. The summed E-state index contributed by atoms with van der Waals surface area (Å²) >= 11 is 3.18. The second-order valence-corrected chi connectivity index (χ2v) is 5.47. The van der Waals surface area contributed by atoms with Crippen molar-refractivity contribution in [2.75, 3.05) is 5.32 Å². The summed E-state index contributed by atoms with van der Waals surface area (Å²) in [6.45, 7) is 1.14. The molecule has 1 amide bonds. The van der Waals surface area contributed by atoms with E-state index in [1.54, 1.807) is 6.20 Å². The second-order valence-electron chi connectivity index (χ2n) is 4.56. The predicted octanol–water partition coefficient (Wildman–Crippen LogP) is 2.41. The highest BCUT2D eigenvalue weighted by Crippen LogP contribution is 2.31. The van der Waals surface area contributed by atoms with Crippen LogP contribution < -0.4 is 5.32 Å². The number of anilines is 1. The van der Waals surface area contributed by atoms with Gasteiger partial charge in [-0.3, -0.25) is 29.7 Å². The van der Waals surface area contributed by atoms with Crippen molar-refractivity contribution in [2.24, 2.45) is 0 Å². The smallest absolute Gasteiger partial charge is 0.281 e. The van der Waals surface area contributed by atoms with Crippen molar-refractivity contribution in [3.63, 3.8) is 0 Å². The summed E-state index contributed by atoms with van der Waals surface area (Å²) in [5.74, 6) is -0.520. The largest absolute Gasteiger partial charge is 0.324 e. The number of benzene rings is 1. The highest BCUT2D eigenvalue weighted by Gasteiger charge is 2.23. The van der Waals surface area contributed by atoms with Crippen LogP contribution in [-0.4, -0.2) is 25.5 Å². The zero-order valence-corrected chi connectivity index (χ0v) is 13.3. The molecule has 0 saturated carbocycles. The van der Waals surface area contributed by atoms with Crippen molar-refractivity contribution >= 4 is 38.9 Å². The highest BCUT2D eigenvalue weighted by molar-refractivity contribution is 9.10. The van der Waals surface area contributed by atoms with Crippen LogP contribution in [0.2, 0.25) is 0 Å². The number of aromatic nitrogens is 2. The molecule has 120 valence electrons. The van der Waals surface area contributed by atoms with E-state index >= 15 is 0 Å². The minimum Gasteiger partial charge on any atom is -0.324 e. The lowest BCUT2D eigenvalue weighted by molar-refractivity contribution is -0.395. The molecule has 0 aliphatic rings. The molecule has 11 heteroatoms. The standard InChI is InChI=1S/C12H10BrN5O5/c1-7-10(17(20)21)2-9(3-11(7)18(22)23)15-12(19)6-16-5-8(13)4-14-16/h2-5H,6H2,1H3,(H,15,19).